The molecule has 2 rings (SSSR count). The molecule has 1 aromatic rings. The molecule has 1 aromatic carbocycles. The van der Waals surface area contributed by atoms with Gasteiger partial charge in [0.15, 0.2) is 0 Å². The maximum atomic E-state index is 12.0. The minimum absolute atomic E-state index is 0.130. The van der Waals surface area contributed by atoms with Crippen molar-refractivity contribution in [3.63, 3.8) is 0 Å². The van der Waals surface area contributed by atoms with Crippen molar-refractivity contribution in [3.05, 3.63) is 23.8 Å². The van der Waals surface area contributed by atoms with Gasteiger partial charge in [-0.05, 0) is 44.1 Å². The van der Waals surface area contributed by atoms with E-state index in [0.717, 1.165) is 19.6 Å². The number of nitrogens with two attached hydrogens (primary N) is 2. The number of amides is 1. The average Bonchev–Trinajstić information content (AvgIpc) is 2.39. The topological polar surface area (TPSA) is 84.4 Å². The standard InChI is InChI=1S/C14H22N4O/c15-11-4-5-12(13(16)10-11)14(19)17-6-9-18-7-2-1-3-8-18/h4-5,10H,1-3,6-9,15-16H2,(H,17,19). The monoisotopic (exact) mass is 262 g/mol. The summed E-state index contributed by atoms with van der Waals surface area (Å²) >= 11 is 0. The van der Waals surface area contributed by atoms with E-state index in [9.17, 15) is 4.79 Å². The lowest BCUT2D eigenvalue weighted by molar-refractivity contribution is 0.0947. The molecule has 0 spiro atoms. The Bertz CT molecular complexity index is 441. The van der Waals surface area contributed by atoms with Crippen LogP contribution in [0.15, 0.2) is 18.2 Å². The summed E-state index contributed by atoms with van der Waals surface area (Å²) in [5.74, 6) is -0.130. The predicted molar refractivity (Wildman–Crippen MR) is 77.9 cm³/mol. The Morgan fingerprint density at radius 3 is 2.63 bits per heavy atom. The lowest BCUT2D eigenvalue weighted by Crippen LogP contribution is -2.37. The van der Waals surface area contributed by atoms with E-state index in [1.807, 2.05) is 0 Å². The molecule has 1 amide bonds. The quantitative estimate of drug-likeness (QED) is 0.709. The summed E-state index contributed by atoms with van der Waals surface area (Å²) in [5.41, 5.74) is 12.9. The first-order valence-electron chi connectivity index (χ1n) is 6.82. The third kappa shape index (κ3) is 3.86. The molecule has 104 valence electrons. The molecule has 5 N–H and O–H groups in total. The number of nitrogens with one attached hydrogen (secondary N) is 1. The van der Waals surface area contributed by atoms with Gasteiger partial charge >= 0.3 is 0 Å². The molecule has 5 heteroatoms. The van der Waals surface area contributed by atoms with Crippen molar-refractivity contribution in [1.82, 2.24) is 10.2 Å². The molecule has 0 aliphatic carbocycles. The molecule has 0 saturated carbocycles. The number of nitrogen functional groups attached to an aromatic ring is 2. The van der Waals surface area contributed by atoms with Crippen LogP contribution in [-0.4, -0.2) is 37.0 Å². The number of carbonyl (C=O) groups excluding carboxylic acids is 1. The number of hydrogen-bond acceptors (Lipinski definition) is 4. The van der Waals surface area contributed by atoms with Crippen LogP contribution in [0.3, 0.4) is 0 Å². The van der Waals surface area contributed by atoms with E-state index in [-0.39, 0.29) is 5.91 Å². The molecule has 1 heterocycles. The van der Waals surface area contributed by atoms with E-state index in [0.29, 0.717) is 23.5 Å². The summed E-state index contributed by atoms with van der Waals surface area (Å²) in [7, 11) is 0. The van der Waals surface area contributed by atoms with Crippen LogP contribution in [0, 0.1) is 0 Å². The van der Waals surface area contributed by atoms with Gasteiger partial charge in [-0.2, -0.15) is 0 Å². The van der Waals surface area contributed by atoms with E-state index in [2.05, 4.69) is 10.2 Å². The van der Waals surface area contributed by atoms with Crippen molar-refractivity contribution in [1.29, 1.82) is 0 Å². The molecular formula is C14H22N4O. The summed E-state index contributed by atoms with van der Waals surface area (Å²) in [4.78, 5) is 14.4. The van der Waals surface area contributed by atoms with Crippen LogP contribution in [0.5, 0.6) is 0 Å². The number of piperidine rings is 1. The smallest absolute Gasteiger partial charge is 0.253 e. The molecule has 1 saturated heterocycles. The molecule has 0 aromatic heterocycles. The summed E-state index contributed by atoms with van der Waals surface area (Å²) in [6, 6.07) is 4.97. The van der Waals surface area contributed by atoms with Gasteiger partial charge in [-0.3, -0.25) is 4.79 Å². The Labute approximate surface area is 113 Å². The summed E-state index contributed by atoms with van der Waals surface area (Å²) in [6.45, 7) is 3.84. The highest BCUT2D eigenvalue weighted by molar-refractivity contribution is 5.99. The first-order chi connectivity index (χ1) is 9.16. The number of hydrogen-bond donors (Lipinski definition) is 3. The normalized spacial score (nSPS) is 16.2. The summed E-state index contributed by atoms with van der Waals surface area (Å²) < 4.78 is 0. The second-order valence-corrected chi connectivity index (χ2v) is 5.00. The highest BCUT2D eigenvalue weighted by Gasteiger charge is 2.12. The fourth-order valence-corrected chi connectivity index (χ4v) is 2.39. The first kappa shape index (κ1) is 13.7. The Morgan fingerprint density at radius 1 is 1.21 bits per heavy atom. The van der Waals surface area contributed by atoms with Crippen LogP contribution in [0.4, 0.5) is 11.4 Å². The molecule has 0 atom stereocenters. The zero-order valence-corrected chi connectivity index (χ0v) is 11.2. The molecule has 0 unspecified atom stereocenters. The van der Waals surface area contributed by atoms with Gasteiger partial charge in [0.25, 0.3) is 5.91 Å². The van der Waals surface area contributed by atoms with Crippen molar-refractivity contribution in [2.24, 2.45) is 0 Å². The number of carbonyl (C=O) groups is 1. The SMILES string of the molecule is Nc1ccc(C(=O)NCCN2CCCCC2)c(N)c1. The molecule has 1 aliphatic rings. The lowest BCUT2D eigenvalue weighted by atomic mass is 10.1. The Kier molecular flexibility index (Phi) is 4.63. The number of likely N-dealkylation sites (tertiary alicyclic amines) is 1. The largest absolute Gasteiger partial charge is 0.399 e. The second-order valence-electron chi connectivity index (χ2n) is 5.00. The summed E-state index contributed by atoms with van der Waals surface area (Å²) in [5, 5.41) is 2.91. The maximum absolute atomic E-state index is 12.0. The fraction of sp³-hybridized carbons (Fsp3) is 0.500. The van der Waals surface area contributed by atoms with Gasteiger partial charge in [-0.25, -0.2) is 0 Å². The van der Waals surface area contributed by atoms with E-state index in [1.54, 1.807) is 18.2 Å². The zero-order valence-electron chi connectivity index (χ0n) is 11.2. The predicted octanol–water partition coefficient (Wildman–Crippen LogP) is 1.07. The van der Waals surface area contributed by atoms with Crippen LogP contribution in [0.25, 0.3) is 0 Å². The molecule has 0 radical (unpaired) electrons. The van der Waals surface area contributed by atoms with Gasteiger partial charge in [0.05, 0.1) is 5.56 Å². The van der Waals surface area contributed by atoms with E-state index in [4.69, 9.17) is 11.5 Å². The van der Waals surface area contributed by atoms with Crippen molar-refractivity contribution >= 4 is 17.3 Å². The third-order valence-corrected chi connectivity index (χ3v) is 3.48. The van der Waals surface area contributed by atoms with Crippen LogP contribution < -0.4 is 16.8 Å². The number of benzene rings is 1. The van der Waals surface area contributed by atoms with Crippen molar-refractivity contribution in [3.8, 4) is 0 Å². The zero-order chi connectivity index (χ0) is 13.7. The average molecular weight is 262 g/mol. The van der Waals surface area contributed by atoms with Crippen LogP contribution in [-0.2, 0) is 0 Å². The Morgan fingerprint density at radius 2 is 1.95 bits per heavy atom. The molecule has 0 bridgehead atoms. The van der Waals surface area contributed by atoms with Gasteiger partial charge in [0, 0.05) is 24.5 Å². The van der Waals surface area contributed by atoms with Crippen LogP contribution in [0.2, 0.25) is 0 Å². The molecule has 19 heavy (non-hydrogen) atoms. The molecule has 1 fully saturated rings. The van der Waals surface area contributed by atoms with Gasteiger partial charge in [-0.1, -0.05) is 6.42 Å². The van der Waals surface area contributed by atoms with Gasteiger partial charge < -0.3 is 21.7 Å². The molecule has 1 aliphatic heterocycles. The Balaban J connectivity index is 1.80. The van der Waals surface area contributed by atoms with E-state index >= 15 is 0 Å². The van der Waals surface area contributed by atoms with Crippen molar-refractivity contribution < 1.29 is 4.79 Å². The second kappa shape index (κ2) is 6.43. The molecular weight excluding hydrogens is 240 g/mol. The van der Waals surface area contributed by atoms with Gasteiger partial charge in [0.1, 0.15) is 0 Å². The van der Waals surface area contributed by atoms with E-state index in [1.165, 1.54) is 19.3 Å². The van der Waals surface area contributed by atoms with E-state index < -0.39 is 0 Å². The van der Waals surface area contributed by atoms with Gasteiger partial charge in [0.2, 0.25) is 0 Å². The highest BCUT2D eigenvalue weighted by Crippen LogP contribution is 2.15. The van der Waals surface area contributed by atoms with Gasteiger partial charge in [-0.15, -0.1) is 0 Å². The van der Waals surface area contributed by atoms with Crippen molar-refractivity contribution in [2.75, 3.05) is 37.6 Å². The lowest BCUT2D eigenvalue weighted by Gasteiger charge is -2.26. The number of rotatable bonds is 4. The minimum Gasteiger partial charge on any atom is -0.399 e. The maximum Gasteiger partial charge on any atom is 0.253 e. The molecule has 5 nitrogen and oxygen atoms in total. The fourth-order valence-electron chi connectivity index (χ4n) is 2.39. The van der Waals surface area contributed by atoms with Crippen LogP contribution in [0.1, 0.15) is 29.6 Å². The van der Waals surface area contributed by atoms with Crippen molar-refractivity contribution in [2.45, 2.75) is 19.3 Å². The first-order valence-corrected chi connectivity index (χ1v) is 6.82. The number of anilines is 2. The summed E-state index contributed by atoms with van der Waals surface area (Å²) in [6.07, 6.45) is 3.85. The number of nitrogens with zero attached hydrogens (tertiary/aromatic N) is 1. The highest BCUT2D eigenvalue weighted by atomic mass is 16.1. The minimum atomic E-state index is -0.130. The Hall–Kier alpha value is -1.75. The van der Waals surface area contributed by atoms with Crippen LogP contribution >= 0.6 is 0 Å². The third-order valence-electron chi connectivity index (χ3n) is 3.48.